The highest BCUT2D eigenvalue weighted by Crippen LogP contribution is 2.36. The van der Waals surface area contributed by atoms with Crippen LogP contribution in [0.3, 0.4) is 0 Å². The number of thiophene rings is 1. The maximum Gasteiger partial charge on any atom is 0.261 e. The van der Waals surface area contributed by atoms with Crippen molar-refractivity contribution in [2.24, 2.45) is 0 Å². The average molecular weight is 439 g/mol. The van der Waals surface area contributed by atoms with Crippen molar-refractivity contribution >= 4 is 27.3 Å². The van der Waals surface area contributed by atoms with Gasteiger partial charge in [-0.2, -0.15) is 4.31 Å². The molecule has 0 unspecified atom stereocenters. The van der Waals surface area contributed by atoms with E-state index >= 15 is 0 Å². The van der Waals surface area contributed by atoms with Gasteiger partial charge >= 0.3 is 0 Å². The van der Waals surface area contributed by atoms with Gasteiger partial charge in [-0.3, -0.25) is 4.79 Å². The van der Waals surface area contributed by atoms with Crippen molar-refractivity contribution in [3.63, 3.8) is 0 Å². The predicted octanol–water partition coefficient (Wildman–Crippen LogP) is 1.58. The quantitative estimate of drug-likeness (QED) is 0.736. The number of benzene rings is 1. The van der Waals surface area contributed by atoms with Crippen LogP contribution in [0.15, 0.2) is 30.3 Å². The van der Waals surface area contributed by atoms with Crippen LogP contribution in [0.4, 0.5) is 0 Å². The van der Waals surface area contributed by atoms with E-state index in [9.17, 15) is 13.2 Å². The van der Waals surface area contributed by atoms with Crippen LogP contribution in [0, 0.1) is 0 Å². The molecular weight excluding hydrogens is 416 g/mol. The fourth-order valence-corrected chi connectivity index (χ4v) is 5.39. The second kappa shape index (κ2) is 8.70. The van der Waals surface area contributed by atoms with E-state index in [-0.39, 0.29) is 18.2 Å². The predicted molar refractivity (Wildman–Crippen MR) is 109 cm³/mol. The van der Waals surface area contributed by atoms with Gasteiger partial charge in [0.1, 0.15) is 13.2 Å². The summed E-state index contributed by atoms with van der Waals surface area (Å²) in [4.78, 5) is 13.9. The molecule has 2 aliphatic rings. The Morgan fingerprint density at radius 1 is 1.03 bits per heavy atom. The molecule has 8 nitrogen and oxygen atoms in total. The number of nitrogens with zero attached hydrogens (tertiary/aromatic N) is 1. The smallest absolute Gasteiger partial charge is 0.261 e. The highest BCUT2D eigenvalue weighted by Gasteiger charge is 2.24. The lowest BCUT2D eigenvalue weighted by molar-refractivity contribution is 0.0730. The number of sulfonamides is 1. The van der Waals surface area contributed by atoms with Crippen molar-refractivity contribution in [1.29, 1.82) is 0 Å². The zero-order valence-corrected chi connectivity index (χ0v) is 17.4. The van der Waals surface area contributed by atoms with Gasteiger partial charge in [0.05, 0.1) is 23.8 Å². The molecule has 1 fully saturated rings. The van der Waals surface area contributed by atoms with E-state index in [1.54, 1.807) is 6.07 Å². The molecule has 1 aromatic carbocycles. The van der Waals surface area contributed by atoms with Crippen molar-refractivity contribution in [3.8, 4) is 21.9 Å². The molecule has 1 aromatic heterocycles. The fraction of sp³-hybridized carbons (Fsp3) is 0.421. The summed E-state index contributed by atoms with van der Waals surface area (Å²) in [5.74, 6) is 1.01. The second-order valence-electron chi connectivity index (χ2n) is 6.61. The maximum atomic E-state index is 12.4. The van der Waals surface area contributed by atoms with Gasteiger partial charge in [0.2, 0.25) is 10.0 Å². The summed E-state index contributed by atoms with van der Waals surface area (Å²) in [6.45, 7) is 2.65. The summed E-state index contributed by atoms with van der Waals surface area (Å²) in [5.41, 5.74) is 0.938. The maximum absolute atomic E-state index is 12.4. The molecule has 156 valence electrons. The SMILES string of the molecule is O=C(NCCS(=O)(=O)N1CCOCC1)c1ccc(-c2ccc3c(c2)OCCO3)s1. The highest BCUT2D eigenvalue weighted by molar-refractivity contribution is 7.89. The summed E-state index contributed by atoms with van der Waals surface area (Å²) in [7, 11) is -3.39. The zero-order chi connectivity index (χ0) is 20.3. The molecule has 2 aliphatic heterocycles. The second-order valence-corrected chi connectivity index (χ2v) is 9.78. The molecule has 2 aromatic rings. The molecule has 1 amide bonds. The lowest BCUT2D eigenvalue weighted by atomic mass is 10.1. The van der Waals surface area contributed by atoms with Gasteiger partial charge in [-0.15, -0.1) is 11.3 Å². The van der Waals surface area contributed by atoms with E-state index in [0.29, 0.717) is 50.1 Å². The van der Waals surface area contributed by atoms with E-state index in [0.717, 1.165) is 16.2 Å². The van der Waals surface area contributed by atoms with Crippen molar-refractivity contribution in [2.45, 2.75) is 0 Å². The summed E-state index contributed by atoms with van der Waals surface area (Å²) in [6, 6.07) is 9.30. The van der Waals surface area contributed by atoms with Crippen molar-refractivity contribution in [1.82, 2.24) is 9.62 Å². The van der Waals surface area contributed by atoms with Crippen LogP contribution in [0.5, 0.6) is 11.5 Å². The van der Waals surface area contributed by atoms with Crippen molar-refractivity contribution < 1.29 is 27.4 Å². The zero-order valence-electron chi connectivity index (χ0n) is 15.8. The Kier molecular flexibility index (Phi) is 6.04. The first-order valence-electron chi connectivity index (χ1n) is 9.36. The molecular formula is C19H22N2O6S2. The molecule has 0 spiro atoms. The third-order valence-electron chi connectivity index (χ3n) is 4.67. The Balaban J connectivity index is 1.35. The molecule has 29 heavy (non-hydrogen) atoms. The molecule has 0 aliphatic carbocycles. The lowest BCUT2D eigenvalue weighted by Crippen LogP contribution is -2.43. The summed E-state index contributed by atoms with van der Waals surface area (Å²) >= 11 is 1.35. The highest BCUT2D eigenvalue weighted by atomic mass is 32.2. The third kappa shape index (κ3) is 4.72. The van der Waals surface area contributed by atoms with Gasteiger partial charge in [0, 0.05) is 24.5 Å². The average Bonchev–Trinajstić information content (AvgIpc) is 3.24. The van der Waals surface area contributed by atoms with Crippen LogP contribution in [0.1, 0.15) is 9.67 Å². The topological polar surface area (TPSA) is 94.2 Å². The molecule has 3 heterocycles. The number of ether oxygens (including phenoxy) is 3. The van der Waals surface area contributed by atoms with Gasteiger partial charge in [-0.05, 0) is 35.9 Å². The molecule has 10 heteroatoms. The number of morpholine rings is 1. The van der Waals surface area contributed by atoms with E-state index in [4.69, 9.17) is 14.2 Å². The normalized spacial score (nSPS) is 17.1. The number of amides is 1. The Morgan fingerprint density at radius 3 is 2.59 bits per heavy atom. The monoisotopic (exact) mass is 438 g/mol. The van der Waals surface area contributed by atoms with E-state index in [1.165, 1.54) is 15.6 Å². The Labute approximate surface area is 173 Å². The van der Waals surface area contributed by atoms with Crippen LogP contribution < -0.4 is 14.8 Å². The first-order valence-corrected chi connectivity index (χ1v) is 11.8. The molecule has 0 atom stereocenters. The van der Waals surface area contributed by atoms with Crippen LogP contribution in [-0.4, -0.2) is 70.4 Å². The van der Waals surface area contributed by atoms with E-state index in [2.05, 4.69) is 5.32 Å². The number of carbonyl (C=O) groups is 1. The van der Waals surface area contributed by atoms with Gasteiger partial charge in [-0.1, -0.05) is 0 Å². The number of nitrogens with one attached hydrogen (secondary N) is 1. The Morgan fingerprint density at radius 2 is 1.79 bits per heavy atom. The van der Waals surface area contributed by atoms with Gasteiger partial charge in [-0.25, -0.2) is 8.42 Å². The molecule has 0 saturated carbocycles. The largest absolute Gasteiger partial charge is 0.486 e. The van der Waals surface area contributed by atoms with E-state index in [1.807, 2.05) is 24.3 Å². The fourth-order valence-electron chi connectivity index (χ4n) is 3.15. The first kappa shape index (κ1) is 20.1. The minimum atomic E-state index is -3.39. The minimum Gasteiger partial charge on any atom is -0.486 e. The van der Waals surface area contributed by atoms with Crippen molar-refractivity contribution in [3.05, 3.63) is 35.2 Å². The number of fused-ring (bicyclic) bond motifs is 1. The molecule has 1 N–H and O–H groups in total. The number of carbonyl (C=O) groups excluding carboxylic acids is 1. The lowest BCUT2D eigenvalue weighted by Gasteiger charge is -2.25. The number of hydrogen-bond donors (Lipinski definition) is 1. The summed E-state index contributed by atoms with van der Waals surface area (Å²) in [5, 5.41) is 2.70. The molecule has 0 bridgehead atoms. The van der Waals surface area contributed by atoms with Crippen LogP contribution >= 0.6 is 11.3 Å². The molecule has 4 rings (SSSR count). The van der Waals surface area contributed by atoms with Gasteiger partial charge < -0.3 is 19.5 Å². The standard InChI is InChI=1S/C19H22N2O6S2/c22-19(20-5-12-29(23,24)21-6-8-25-9-7-21)18-4-3-17(28-18)14-1-2-15-16(13-14)27-11-10-26-15/h1-4,13H,5-12H2,(H,20,22). The summed E-state index contributed by atoms with van der Waals surface area (Å²) in [6.07, 6.45) is 0. The molecule has 1 saturated heterocycles. The van der Waals surface area contributed by atoms with Crippen LogP contribution in [-0.2, 0) is 14.8 Å². The third-order valence-corrected chi connectivity index (χ3v) is 7.67. The van der Waals surface area contributed by atoms with Gasteiger partial charge in [0.15, 0.2) is 11.5 Å². The minimum absolute atomic E-state index is 0.0653. The van der Waals surface area contributed by atoms with Crippen LogP contribution in [0.2, 0.25) is 0 Å². The molecule has 0 radical (unpaired) electrons. The van der Waals surface area contributed by atoms with Crippen LogP contribution in [0.25, 0.3) is 10.4 Å². The Hall–Kier alpha value is -2.14. The number of hydrogen-bond acceptors (Lipinski definition) is 7. The van der Waals surface area contributed by atoms with Gasteiger partial charge in [0.25, 0.3) is 5.91 Å². The first-order chi connectivity index (χ1) is 14.0. The van der Waals surface area contributed by atoms with Crippen molar-refractivity contribution in [2.75, 3.05) is 51.8 Å². The summed E-state index contributed by atoms with van der Waals surface area (Å²) < 4.78 is 42.3. The number of rotatable bonds is 6. The Bertz CT molecular complexity index is 982. The van der Waals surface area contributed by atoms with E-state index < -0.39 is 10.0 Å².